The fourth-order valence-electron chi connectivity index (χ4n) is 2.37. The molecule has 0 radical (unpaired) electrons. The van der Waals surface area contributed by atoms with Gasteiger partial charge in [0.2, 0.25) is 0 Å². The summed E-state index contributed by atoms with van der Waals surface area (Å²) in [6, 6.07) is 4.69. The molecule has 4 heteroatoms. The van der Waals surface area contributed by atoms with Crippen LogP contribution in [0.5, 0.6) is 0 Å². The Morgan fingerprint density at radius 2 is 2.16 bits per heavy atom. The molecule has 2 heterocycles. The van der Waals surface area contributed by atoms with Gasteiger partial charge in [-0.3, -0.25) is 0 Å². The second-order valence-corrected chi connectivity index (χ2v) is 4.91. The number of hydrogen-bond donors (Lipinski definition) is 1. The molecule has 0 amide bonds. The molecule has 0 saturated carbocycles. The SMILES string of the molecule is CCCNC(C)c1cccn1Cc1cncn1CC. The minimum atomic E-state index is 0.382. The summed E-state index contributed by atoms with van der Waals surface area (Å²) in [7, 11) is 0. The van der Waals surface area contributed by atoms with Gasteiger partial charge in [0.25, 0.3) is 0 Å². The van der Waals surface area contributed by atoms with Gasteiger partial charge in [-0.1, -0.05) is 6.92 Å². The highest BCUT2D eigenvalue weighted by molar-refractivity contribution is 5.14. The Kier molecular flexibility index (Phi) is 4.80. The molecule has 104 valence electrons. The van der Waals surface area contributed by atoms with E-state index in [1.165, 1.54) is 11.4 Å². The van der Waals surface area contributed by atoms with Crippen molar-refractivity contribution >= 4 is 0 Å². The molecule has 1 atom stereocenters. The molecule has 0 aliphatic rings. The average molecular weight is 260 g/mol. The van der Waals surface area contributed by atoms with Crippen LogP contribution in [-0.4, -0.2) is 20.7 Å². The Bertz CT molecular complexity index is 498. The monoisotopic (exact) mass is 260 g/mol. The van der Waals surface area contributed by atoms with Gasteiger partial charge < -0.3 is 14.5 Å². The number of imidazole rings is 1. The van der Waals surface area contributed by atoms with Gasteiger partial charge in [0.05, 0.1) is 18.6 Å². The Balaban J connectivity index is 2.11. The van der Waals surface area contributed by atoms with Crippen molar-refractivity contribution in [2.45, 2.75) is 46.3 Å². The summed E-state index contributed by atoms with van der Waals surface area (Å²) >= 11 is 0. The third-order valence-electron chi connectivity index (χ3n) is 3.48. The largest absolute Gasteiger partial charge is 0.344 e. The maximum Gasteiger partial charge on any atom is 0.0948 e. The molecule has 0 aromatic carbocycles. The first kappa shape index (κ1) is 13.9. The van der Waals surface area contributed by atoms with Crippen LogP contribution >= 0.6 is 0 Å². The standard InChI is InChI=1S/C15H24N4/c1-4-8-17-13(3)15-7-6-9-19(15)11-14-10-16-12-18(14)5-2/h6-7,9-10,12-13,17H,4-5,8,11H2,1-3H3. The number of hydrogen-bond acceptors (Lipinski definition) is 2. The molecule has 2 aromatic heterocycles. The lowest BCUT2D eigenvalue weighted by molar-refractivity contribution is 0.529. The smallest absolute Gasteiger partial charge is 0.0948 e. The molecule has 0 spiro atoms. The highest BCUT2D eigenvalue weighted by Crippen LogP contribution is 2.15. The Morgan fingerprint density at radius 1 is 1.32 bits per heavy atom. The highest BCUT2D eigenvalue weighted by Gasteiger charge is 2.10. The van der Waals surface area contributed by atoms with Crippen LogP contribution in [0.15, 0.2) is 30.9 Å². The number of nitrogens with one attached hydrogen (secondary N) is 1. The van der Waals surface area contributed by atoms with Crippen LogP contribution < -0.4 is 5.32 Å². The Morgan fingerprint density at radius 3 is 2.89 bits per heavy atom. The summed E-state index contributed by atoms with van der Waals surface area (Å²) in [6.07, 6.45) is 7.16. The zero-order chi connectivity index (χ0) is 13.7. The zero-order valence-electron chi connectivity index (χ0n) is 12.1. The molecule has 2 rings (SSSR count). The predicted octanol–water partition coefficient (Wildman–Crippen LogP) is 2.81. The fraction of sp³-hybridized carbons (Fsp3) is 0.533. The summed E-state index contributed by atoms with van der Waals surface area (Å²) in [6.45, 7) is 9.47. The van der Waals surface area contributed by atoms with Crippen LogP contribution in [0.1, 0.15) is 44.6 Å². The van der Waals surface area contributed by atoms with Crippen molar-refractivity contribution in [2.24, 2.45) is 0 Å². The van der Waals surface area contributed by atoms with Gasteiger partial charge in [0.1, 0.15) is 0 Å². The third-order valence-corrected chi connectivity index (χ3v) is 3.48. The van der Waals surface area contributed by atoms with Crippen molar-refractivity contribution in [3.05, 3.63) is 42.2 Å². The molecule has 0 bridgehead atoms. The first-order valence-electron chi connectivity index (χ1n) is 7.13. The van der Waals surface area contributed by atoms with Crippen LogP contribution in [0.3, 0.4) is 0 Å². The molecule has 0 aliphatic heterocycles. The highest BCUT2D eigenvalue weighted by atomic mass is 15.1. The predicted molar refractivity (Wildman–Crippen MR) is 78.1 cm³/mol. The summed E-state index contributed by atoms with van der Waals surface area (Å²) in [5, 5.41) is 3.54. The van der Waals surface area contributed by atoms with Gasteiger partial charge >= 0.3 is 0 Å². The van der Waals surface area contributed by atoms with Gasteiger partial charge in [0.15, 0.2) is 0 Å². The second kappa shape index (κ2) is 6.57. The fourth-order valence-corrected chi connectivity index (χ4v) is 2.37. The van der Waals surface area contributed by atoms with Crippen molar-refractivity contribution in [2.75, 3.05) is 6.54 Å². The van der Waals surface area contributed by atoms with E-state index in [0.29, 0.717) is 6.04 Å². The van der Waals surface area contributed by atoms with Crippen LogP contribution in [0.4, 0.5) is 0 Å². The Hall–Kier alpha value is -1.55. The van der Waals surface area contributed by atoms with E-state index in [1.807, 2.05) is 12.5 Å². The van der Waals surface area contributed by atoms with E-state index in [0.717, 1.165) is 26.1 Å². The normalized spacial score (nSPS) is 12.8. The number of aryl methyl sites for hydroxylation is 1. The molecule has 1 N–H and O–H groups in total. The number of aromatic nitrogens is 3. The van der Waals surface area contributed by atoms with Crippen LogP contribution in [0, 0.1) is 0 Å². The van der Waals surface area contributed by atoms with Gasteiger partial charge in [-0.05, 0) is 38.9 Å². The van der Waals surface area contributed by atoms with Crippen LogP contribution in [0.25, 0.3) is 0 Å². The molecule has 0 aliphatic carbocycles. The van der Waals surface area contributed by atoms with Gasteiger partial charge in [0, 0.05) is 30.7 Å². The van der Waals surface area contributed by atoms with Crippen molar-refractivity contribution in [1.29, 1.82) is 0 Å². The summed E-state index contributed by atoms with van der Waals surface area (Å²) in [5.41, 5.74) is 2.58. The molecule has 4 nitrogen and oxygen atoms in total. The quantitative estimate of drug-likeness (QED) is 0.830. The van der Waals surface area contributed by atoms with Gasteiger partial charge in [-0.15, -0.1) is 0 Å². The summed E-state index contributed by atoms with van der Waals surface area (Å²) in [5.74, 6) is 0. The van der Waals surface area contributed by atoms with Crippen molar-refractivity contribution in [3.8, 4) is 0 Å². The molecule has 0 saturated heterocycles. The molecular formula is C15H24N4. The Labute approximate surface area is 115 Å². The van der Waals surface area contributed by atoms with E-state index in [2.05, 4.69) is 58.5 Å². The first-order chi connectivity index (χ1) is 9.26. The molecular weight excluding hydrogens is 236 g/mol. The van der Waals surface area contributed by atoms with Crippen LogP contribution in [0.2, 0.25) is 0 Å². The first-order valence-corrected chi connectivity index (χ1v) is 7.13. The lowest BCUT2D eigenvalue weighted by Crippen LogP contribution is -2.22. The van der Waals surface area contributed by atoms with E-state index < -0.39 is 0 Å². The van der Waals surface area contributed by atoms with Gasteiger partial charge in [-0.2, -0.15) is 0 Å². The maximum atomic E-state index is 4.23. The van der Waals surface area contributed by atoms with E-state index in [9.17, 15) is 0 Å². The van der Waals surface area contributed by atoms with Crippen molar-refractivity contribution in [3.63, 3.8) is 0 Å². The van der Waals surface area contributed by atoms with Crippen molar-refractivity contribution in [1.82, 2.24) is 19.4 Å². The molecule has 1 unspecified atom stereocenters. The molecule has 0 fully saturated rings. The van der Waals surface area contributed by atoms with E-state index in [1.54, 1.807) is 0 Å². The number of nitrogens with zero attached hydrogens (tertiary/aromatic N) is 3. The minimum absolute atomic E-state index is 0.382. The topological polar surface area (TPSA) is 34.8 Å². The summed E-state index contributed by atoms with van der Waals surface area (Å²) < 4.78 is 4.49. The van der Waals surface area contributed by atoms with Crippen molar-refractivity contribution < 1.29 is 0 Å². The lowest BCUT2D eigenvalue weighted by atomic mass is 10.2. The average Bonchev–Trinajstić information content (AvgIpc) is 3.05. The maximum absolute atomic E-state index is 4.23. The molecule has 19 heavy (non-hydrogen) atoms. The van der Waals surface area contributed by atoms with E-state index in [-0.39, 0.29) is 0 Å². The van der Waals surface area contributed by atoms with Gasteiger partial charge in [-0.25, -0.2) is 4.98 Å². The zero-order valence-corrected chi connectivity index (χ0v) is 12.1. The molecule has 2 aromatic rings. The van der Waals surface area contributed by atoms with E-state index >= 15 is 0 Å². The third kappa shape index (κ3) is 3.26. The lowest BCUT2D eigenvalue weighted by Gasteiger charge is -2.17. The number of rotatable bonds is 7. The van der Waals surface area contributed by atoms with E-state index in [4.69, 9.17) is 0 Å². The summed E-state index contributed by atoms with van der Waals surface area (Å²) in [4.78, 5) is 4.23. The van der Waals surface area contributed by atoms with Crippen LogP contribution in [-0.2, 0) is 13.1 Å². The minimum Gasteiger partial charge on any atom is -0.344 e. The second-order valence-electron chi connectivity index (χ2n) is 4.91.